The second-order valence-electron chi connectivity index (χ2n) is 8.96. The monoisotopic (exact) mass is 470 g/mol. The van der Waals surface area contributed by atoms with Gasteiger partial charge in [0.05, 0.1) is 14.2 Å². The lowest BCUT2D eigenvalue weighted by Crippen LogP contribution is -2.48. The van der Waals surface area contributed by atoms with Crippen molar-refractivity contribution in [3.05, 3.63) is 57.6 Å². The first kappa shape index (κ1) is 23.6. The second-order valence-corrected chi connectivity index (χ2v) is 9.36. The summed E-state index contributed by atoms with van der Waals surface area (Å²) in [6, 6.07) is 9.24. The molecule has 1 amide bonds. The highest BCUT2D eigenvalue weighted by atomic mass is 35.5. The van der Waals surface area contributed by atoms with Crippen LogP contribution < -0.4 is 9.47 Å². The summed E-state index contributed by atoms with van der Waals surface area (Å²) in [4.78, 5) is 30.0. The molecule has 0 N–H and O–H groups in total. The number of nitrogens with zero attached hydrogens (tertiary/aromatic N) is 2. The number of likely N-dealkylation sites (N-methyl/N-ethyl adjacent to an activating group) is 1. The molecule has 2 aromatic rings. The summed E-state index contributed by atoms with van der Waals surface area (Å²) >= 11 is 6.08. The number of halogens is 1. The average Bonchev–Trinajstić information content (AvgIpc) is 3.06. The molecule has 6 nitrogen and oxygen atoms in total. The molecule has 2 aromatic carbocycles. The minimum absolute atomic E-state index is 0.0226. The molecule has 2 unspecified atom stereocenters. The van der Waals surface area contributed by atoms with Crippen molar-refractivity contribution in [3.63, 3.8) is 0 Å². The number of carbonyl (C=O) groups excluding carboxylic acids is 2. The van der Waals surface area contributed by atoms with E-state index in [4.69, 9.17) is 21.1 Å². The molecule has 2 aliphatic heterocycles. The molecular weight excluding hydrogens is 440 g/mol. The zero-order valence-electron chi connectivity index (χ0n) is 19.7. The Morgan fingerprint density at radius 1 is 1.12 bits per heavy atom. The van der Waals surface area contributed by atoms with Gasteiger partial charge in [0, 0.05) is 54.4 Å². The molecule has 2 atom stereocenters. The van der Waals surface area contributed by atoms with Gasteiger partial charge in [0.1, 0.15) is 11.5 Å². The quantitative estimate of drug-likeness (QED) is 0.477. The first-order valence-electron chi connectivity index (χ1n) is 11.4. The van der Waals surface area contributed by atoms with E-state index < -0.39 is 11.7 Å². The molecule has 4 rings (SSSR count). The van der Waals surface area contributed by atoms with Crippen molar-refractivity contribution in [2.45, 2.75) is 44.7 Å². The third kappa shape index (κ3) is 4.59. The molecule has 2 aliphatic rings. The van der Waals surface area contributed by atoms with E-state index in [0.717, 1.165) is 55.8 Å². The van der Waals surface area contributed by atoms with E-state index in [9.17, 15) is 9.59 Å². The number of fused-ring (bicyclic) bond motifs is 3. The number of amides is 1. The fourth-order valence-corrected chi connectivity index (χ4v) is 5.25. The van der Waals surface area contributed by atoms with Gasteiger partial charge in [0.25, 0.3) is 5.91 Å². The van der Waals surface area contributed by atoms with Crippen molar-refractivity contribution in [1.29, 1.82) is 0 Å². The molecule has 0 aromatic heterocycles. The molecule has 0 saturated carbocycles. The van der Waals surface area contributed by atoms with Gasteiger partial charge < -0.3 is 14.4 Å². The third-order valence-electron chi connectivity index (χ3n) is 7.04. The second kappa shape index (κ2) is 9.74. The number of rotatable bonds is 5. The molecule has 2 heterocycles. The number of aryl methyl sites for hydroxylation is 1. The predicted octanol–water partition coefficient (Wildman–Crippen LogP) is 4.46. The van der Waals surface area contributed by atoms with Crippen molar-refractivity contribution < 1.29 is 19.1 Å². The Morgan fingerprint density at radius 3 is 2.61 bits per heavy atom. The number of carbonyl (C=O) groups is 2. The maximum Gasteiger partial charge on any atom is 0.294 e. The number of Topliss-reactive ketones (excluding diaryl/α,β-unsaturated/α-hetero) is 1. The van der Waals surface area contributed by atoms with Crippen LogP contribution in [0.4, 0.5) is 0 Å². The smallest absolute Gasteiger partial charge is 0.294 e. The molecule has 176 valence electrons. The number of methoxy groups -OCH3 is 2. The van der Waals surface area contributed by atoms with E-state index >= 15 is 0 Å². The van der Waals surface area contributed by atoms with Crippen molar-refractivity contribution >= 4 is 23.3 Å². The van der Waals surface area contributed by atoms with Gasteiger partial charge in [-0.05, 0) is 68.0 Å². The lowest BCUT2D eigenvalue weighted by Gasteiger charge is -2.39. The number of ketones is 1. The molecule has 7 heteroatoms. The first-order valence-corrected chi connectivity index (χ1v) is 11.8. The number of hydrogen-bond acceptors (Lipinski definition) is 5. The highest BCUT2D eigenvalue weighted by Gasteiger charge is 2.36. The fraction of sp³-hybridized carbons (Fsp3) is 0.462. The van der Waals surface area contributed by atoms with E-state index in [1.807, 2.05) is 13.0 Å². The summed E-state index contributed by atoms with van der Waals surface area (Å²) in [5, 5.41) is 0.584. The van der Waals surface area contributed by atoms with Gasteiger partial charge in [-0.25, -0.2) is 0 Å². The number of hydrogen-bond donors (Lipinski definition) is 0. The maximum absolute atomic E-state index is 13.1. The zero-order valence-corrected chi connectivity index (χ0v) is 20.4. The minimum atomic E-state index is -0.490. The van der Waals surface area contributed by atoms with Gasteiger partial charge in [0.2, 0.25) is 5.78 Å². The van der Waals surface area contributed by atoms with E-state index in [1.54, 1.807) is 44.4 Å². The van der Waals surface area contributed by atoms with Crippen LogP contribution >= 0.6 is 11.6 Å². The number of benzene rings is 2. The summed E-state index contributed by atoms with van der Waals surface area (Å²) in [5.41, 5.74) is 3.66. The molecule has 33 heavy (non-hydrogen) atoms. The van der Waals surface area contributed by atoms with Gasteiger partial charge in [-0.15, -0.1) is 0 Å². The summed E-state index contributed by atoms with van der Waals surface area (Å²) in [5.74, 6) is 0.706. The van der Waals surface area contributed by atoms with Crippen LogP contribution in [-0.2, 0) is 11.2 Å². The Balaban J connectivity index is 1.53. The van der Waals surface area contributed by atoms with Crippen LogP contribution in [0.2, 0.25) is 5.02 Å². The Kier molecular flexibility index (Phi) is 6.96. The normalized spacial score (nSPS) is 20.3. The molecule has 1 fully saturated rings. The predicted molar refractivity (Wildman–Crippen MR) is 128 cm³/mol. The summed E-state index contributed by atoms with van der Waals surface area (Å²) in [6.45, 7) is 3.46. The average molecular weight is 471 g/mol. The number of ether oxygens (including phenoxy) is 2. The SMILES string of the molecule is COc1cc2c(c(OC)c1)C1CCCC(N(C)C(=O)C(=O)c3ccc(Cl)c(C)c3)CN1CC2. The van der Waals surface area contributed by atoms with Crippen LogP contribution in [-0.4, -0.2) is 61.9 Å². The van der Waals surface area contributed by atoms with E-state index in [2.05, 4.69) is 11.0 Å². The Hall–Kier alpha value is -2.57. The van der Waals surface area contributed by atoms with E-state index in [1.165, 1.54) is 11.1 Å². The summed E-state index contributed by atoms with van der Waals surface area (Å²) < 4.78 is 11.2. The van der Waals surface area contributed by atoms with Crippen LogP contribution in [0, 0.1) is 6.92 Å². The van der Waals surface area contributed by atoms with Gasteiger partial charge in [-0.2, -0.15) is 0 Å². The van der Waals surface area contributed by atoms with Crippen LogP contribution in [0.25, 0.3) is 0 Å². The standard InChI is InChI=1S/C26H31ClN2O4/c1-16-12-18(8-9-21(16)27)25(30)26(31)28(2)19-6-5-7-22-24-17(10-11-29(22)15-19)13-20(32-3)14-23(24)33-4/h8-9,12-14,19,22H,5-7,10-11,15H2,1-4H3. The highest BCUT2D eigenvalue weighted by molar-refractivity contribution is 6.43. The third-order valence-corrected chi connectivity index (χ3v) is 7.47. The van der Waals surface area contributed by atoms with E-state index in [-0.39, 0.29) is 12.1 Å². The largest absolute Gasteiger partial charge is 0.497 e. The van der Waals surface area contributed by atoms with Gasteiger partial charge in [-0.1, -0.05) is 11.6 Å². The molecule has 0 radical (unpaired) electrons. The van der Waals surface area contributed by atoms with E-state index in [0.29, 0.717) is 10.6 Å². The molecular formula is C26H31ClN2O4. The molecule has 0 bridgehead atoms. The van der Waals surface area contributed by atoms with Crippen LogP contribution in [0.1, 0.15) is 52.4 Å². The van der Waals surface area contributed by atoms with Gasteiger partial charge in [0.15, 0.2) is 0 Å². The molecule has 0 spiro atoms. The van der Waals surface area contributed by atoms with Crippen molar-refractivity contribution in [2.75, 3.05) is 34.4 Å². The minimum Gasteiger partial charge on any atom is -0.497 e. The lowest BCUT2D eigenvalue weighted by atomic mass is 9.89. The van der Waals surface area contributed by atoms with Crippen molar-refractivity contribution in [2.24, 2.45) is 0 Å². The van der Waals surface area contributed by atoms with Crippen LogP contribution in [0.15, 0.2) is 30.3 Å². The Labute approximate surface area is 200 Å². The van der Waals surface area contributed by atoms with Crippen LogP contribution in [0.5, 0.6) is 11.5 Å². The van der Waals surface area contributed by atoms with Crippen molar-refractivity contribution in [3.8, 4) is 11.5 Å². The lowest BCUT2D eigenvalue weighted by molar-refractivity contribution is -0.127. The molecule has 1 saturated heterocycles. The van der Waals surface area contributed by atoms with Crippen LogP contribution in [0.3, 0.4) is 0 Å². The first-order chi connectivity index (χ1) is 15.8. The van der Waals surface area contributed by atoms with Crippen molar-refractivity contribution in [1.82, 2.24) is 9.80 Å². The Morgan fingerprint density at radius 2 is 1.91 bits per heavy atom. The topological polar surface area (TPSA) is 59.1 Å². The molecule has 0 aliphatic carbocycles. The summed E-state index contributed by atoms with van der Waals surface area (Å²) in [7, 11) is 5.12. The Bertz CT molecular complexity index is 1050. The maximum atomic E-state index is 13.1. The zero-order chi connectivity index (χ0) is 23.7. The highest BCUT2D eigenvalue weighted by Crippen LogP contribution is 2.43. The fourth-order valence-electron chi connectivity index (χ4n) is 5.14. The van der Waals surface area contributed by atoms with Gasteiger partial charge >= 0.3 is 0 Å². The summed E-state index contributed by atoms with van der Waals surface area (Å²) in [6.07, 6.45) is 3.70. The van der Waals surface area contributed by atoms with Gasteiger partial charge in [-0.3, -0.25) is 14.5 Å².